The molecule has 3 aromatic carbocycles. The van der Waals surface area contributed by atoms with E-state index in [-0.39, 0.29) is 24.5 Å². The molecule has 6 heteroatoms. The Morgan fingerprint density at radius 2 is 1.66 bits per heavy atom. The Labute approximate surface area is 205 Å². The van der Waals surface area contributed by atoms with Crippen LogP contribution in [0, 0.1) is 13.8 Å². The van der Waals surface area contributed by atoms with Crippen LogP contribution < -0.4 is 4.74 Å². The van der Waals surface area contributed by atoms with Crippen molar-refractivity contribution in [1.29, 1.82) is 0 Å². The standard InChI is InChI=1S/C29H29NO5/c1-19-7-9-22(10-8-19)26-25(28(32)29(33)30(26)15-16-34-3)27(31)23-11-13-24(14-12-23)35-18-21-6-4-5-20(2)17-21/h4-14,17,26,31H,15-16,18H2,1-3H3/t26-/m0/s1. The average molecular weight is 472 g/mol. The minimum atomic E-state index is -0.705. The molecule has 3 aromatic rings. The monoisotopic (exact) mass is 471 g/mol. The number of benzene rings is 3. The number of hydrogen-bond acceptors (Lipinski definition) is 5. The predicted octanol–water partition coefficient (Wildman–Crippen LogP) is 4.95. The van der Waals surface area contributed by atoms with Crippen molar-refractivity contribution >= 4 is 17.4 Å². The lowest BCUT2D eigenvalue weighted by Gasteiger charge is -2.25. The Bertz CT molecular complexity index is 1240. The van der Waals surface area contributed by atoms with Gasteiger partial charge in [-0.1, -0.05) is 59.7 Å². The highest BCUT2D eigenvalue weighted by Crippen LogP contribution is 2.39. The van der Waals surface area contributed by atoms with Crippen molar-refractivity contribution in [3.63, 3.8) is 0 Å². The molecule has 0 aromatic heterocycles. The molecular formula is C29H29NO5. The Balaban J connectivity index is 1.63. The minimum Gasteiger partial charge on any atom is -0.507 e. The number of carbonyl (C=O) groups excluding carboxylic acids is 2. The molecule has 180 valence electrons. The van der Waals surface area contributed by atoms with Crippen LogP contribution in [0.3, 0.4) is 0 Å². The highest BCUT2D eigenvalue weighted by atomic mass is 16.5. The van der Waals surface area contributed by atoms with Crippen molar-refractivity contribution < 1.29 is 24.2 Å². The van der Waals surface area contributed by atoms with E-state index in [1.54, 1.807) is 31.4 Å². The molecular weight excluding hydrogens is 442 g/mol. The summed E-state index contributed by atoms with van der Waals surface area (Å²) in [5.41, 5.74) is 4.55. The number of amides is 1. The fraction of sp³-hybridized carbons (Fsp3) is 0.241. The van der Waals surface area contributed by atoms with E-state index >= 15 is 0 Å². The van der Waals surface area contributed by atoms with Crippen LogP contribution in [0.5, 0.6) is 5.75 Å². The summed E-state index contributed by atoms with van der Waals surface area (Å²) in [5.74, 6) is -0.922. The molecule has 1 aliphatic heterocycles. The van der Waals surface area contributed by atoms with Gasteiger partial charge in [0.05, 0.1) is 18.2 Å². The molecule has 1 heterocycles. The second-order valence-electron chi connectivity index (χ2n) is 8.70. The first-order valence-electron chi connectivity index (χ1n) is 11.5. The van der Waals surface area contributed by atoms with E-state index in [2.05, 4.69) is 6.07 Å². The average Bonchev–Trinajstić information content (AvgIpc) is 3.11. The van der Waals surface area contributed by atoms with Crippen LogP contribution in [0.25, 0.3) is 5.76 Å². The van der Waals surface area contributed by atoms with Gasteiger partial charge < -0.3 is 19.5 Å². The number of aliphatic hydroxyl groups is 1. The molecule has 0 radical (unpaired) electrons. The largest absolute Gasteiger partial charge is 0.507 e. The van der Waals surface area contributed by atoms with E-state index in [0.717, 1.165) is 22.3 Å². The third-order valence-electron chi connectivity index (χ3n) is 6.09. The molecule has 1 fully saturated rings. The Morgan fingerprint density at radius 1 is 0.943 bits per heavy atom. The first kappa shape index (κ1) is 24.2. The number of methoxy groups -OCH3 is 1. The Hall–Kier alpha value is -3.90. The Morgan fingerprint density at radius 3 is 2.31 bits per heavy atom. The Kier molecular flexibility index (Phi) is 7.32. The number of aryl methyl sites for hydroxylation is 2. The molecule has 0 aliphatic carbocycles. The van der Waals surface area contributed by atoms with Gasteiger partial charge in [-0.2, -0.15) is 0 Å². The van der Waals surface area contributed by atoms with Gasteiger partial charge in [0.2, 0.25) is 0 Å². The van der Waals surface area contributed by atoms with E-state index < -0.39 is 17.7 Å². The van der Waals surface area contributed by atoms with Gasteiger partial charge in [-0.25, -0.2) is 0 Å². The summed E-state index contributed by atoms with van der Waals surface area (Å²) in [7, 11) is 1.54. The summed E-state index contributed by atoms with van der Waals surface area (Å²) < 4.78 is 11.0. The first-order chi connectivity index (χ1) is 16.9. The number of likely N-dealkylation sites (tertiary alicyclic amines) is 1. The number of hydrogen-bond donors (Lipinski definition) is 1. The number of aliphatic hydroxyl groups excluding tert-OH is 1. The summed E-state index contributed by atoms with van der Waals surface area (Å²) in [5, 5.41) is 11.2. The number of ketones is 1. The van der Waals surface area contributed by atoms with Crippen LogP contribution in [0.2, 0.25) is 0 Å². The molecule has 0 unspecified atom stereocenters. The summed E-state index contributed by atoms with van der Waals surface area (Å²) in [6.07, 6.45) is 0. The van der Waals surface area contributed by atoms with Crippen molar-refractivity contribution in [3.05, 3.63) is 106 Å². The SMILES string of the molecule is COCCN1C(=O)C(=O)C(=C(O)c2ccc(OCc3cccc(C)c3)cc2)[C@@H]1c1ccc(C)cc1. The fourth-order valence-corrected chi connectivity index (χ4v) is 4.23. The normalized spacial score (nSPS) is 17.1. The number of Topliss-reactive ketones (excluding diaryl/α,β-unsaturated/α-hetero) is 1. The third-order valence-corrected chi connectivity index (χ3v) is 6.09. The highest BCUT2D eigenvalue weighted by Gasteiger charge is 2.45. The van der Waals surface area contributed by atoms with Gasteiger partial charge in [0.15, 0.2) is 0 Å². The van der Waals surface area contributed by atoms with Gasteiger partial charge in [0.1, 0.15) is 18.1 Å². The van der Waals surface area contributed by atoms with Gasteiger partial charge in [-0.05, 0) is 49.2 Å². The molecule has 1 N–H and O–H groups in total. The summed E-state index contributed by atoms with van der Waals surface area (Å²) in [6.45, 7) is 4.94. The molecule has 0 saturated carbocycles. The zero-order chi connectivity index (χ0) is 24.9. The lowest BCUT2D eigenvalue weighted by atomic mass is 9.94. The number of rotatable bonds is 8. The number of nitrogens with zero attached hydrogens (tertiary/aromatic N) is 1. The maximum absolute atomic E-state index is 13.0. The lowest BCUT2D eigenvalue weighted by molar-refractivity contribution is -0.140. The van der Waals surface area contributed by atoms with Crippen LogP contribution in [0.1, 0.15) is 33.9 Å². The van der Waals surface area contributed by atoms with E-state index in [9.17, 15) is 14.7 Å². The van der Waals surface area contributed by atoms with Crippen molar-refractivity contribution in [3.8, 4) is 5.75 Å². The van der Waals surface area contributed by atoms with Crippen molar-refractivity contribution in [2.45, 2.75) is 26.5 Å². The van der Waals surface area contributed by atoms with Crippen molar-refractivity contribution in [2.75, 3.05) is 20.3 Å². The topological polar surface area (TPSA) is 76.1 Å². The zero-order valence-electron chi connectivity index (χ0n) is 20.2. The number of carbonyl (C=O) groups is 2. The second-order valence-corrected chi connectivity index (χ2v) is 8.70. The number of ether oxygens (including phenoxy) is 2. The van der Waals surface area contributed by atoms with E-state index in [4.69, 9.17) is 9.47 Å². The molecule has 0 bridgehead atoms. The van der Waals surface area contributed by atoms with E-state index in [0.29, 0.717) is 17.9 Å². The fourth-order valence-electron chi connectivity index (χ4n) is 4.23. The van der Waals surface area contributed by atoms with Crippen LogP contribution in [-0.4, -0.2) is 42.0 Å². The second kappa shape index (κ2) is 10.6. The smallest absolute Gasteiger partial charge is 0.295 e. The van der Waals surface area contributed by atoms with Gasteiger partial charge in [-0.3, -0.25) is 9.59 Å². The van der Waals surface area contributed by atoms with Gasteiger partial charge >= 0.3 is 0 Å². The molecule has 1 saturated heterocycles. The summed E-state index contributed by atoms with van der Waals surface area (Å²) >= 11 is 0. The molecule has 1 atom stereocenters. The molecule has 1 amide bonds. The van der Waals surface area contributed by atoms with E-state index in [1.807, 2.05) is 56.3 Å². The minimum absolute atomic E-state index is 0.0726. The molecule has 35 heavy (non-hydrogen) atoms. The quantitative estimate of drug-likeness (QED) is 0.286. The highest BCUT2D eigenvalue weighted by molar-refractivity contribution is 6.46. The van der Waals surface area contributed by atoms with Crippen molar-refractivity contribution in [2.24, 2.45) is 0 Å². The maximum atomic E-state index is 13.0. The van der Waals surface area contributed by atoms with Gasteiger partial charge in [0, 0.05) is 19.2 Å². The van der Waals surface area contributed by atoms with Gasteiger partial charge in [0.25, 0.3) is 11.7 Å². The lowest BCUT2D eigenvalue weighted by Crippen LogP contribution is -2.32. The van der Waals surface area contributed by atoms with Crippen molar-refractivity contribution in [1.82, 2.24) is 4.90 Å². The van der Waals surface area contributed by atoms with E-state index in [1.165, 1.54) is 4.90 Å². The van der Waals surface area contributed by atoms with Crippen LogP contribution in [0.4, 0.5) is 0 Å². The molecule has 1 aliphatic rings. The third kappa shape index (κ3) is 5.28. The molecule has 4 rings (SSSR count). The summed E-state index contributed by atoms with van der Waals surface area (Å²) in [4.78, 5) is 27.3. The predicted molar refractivity (Wildman–Crippen MR) is 134 cm³/mol. The zero-order valence-corrected chi connectivity index (χ0v) is 20.2. The summed E-state index contributed by atoms with van der Waals surface area (Å²) in [6, 6.07) is 21.9. The van der Waals surface area contributed by atoms with Crippen LogP contribution in [-0.2, 0) is 20.9 Å². The maximum Gasteiger partial charge on any atom is 0.295 e. The molecule has 0 spiro atoms. The van der Waals surface area contributed by atoms with Gasteiger partial charge in [-0.15, -0.1) is 0 Å². The first-order valence-corrected chi connectivity index (χ1v) is 11.5. The molecule has 6 nitrogen and oxygen atoms in total. The van der Waals surface area contributed by atoms with Crippen LogP contribution in [0.15, 0.2) is 78.4 Å². The van der Waals surface area contributed by atoms with Crippen LogP contribution >= 0.6 is 0 Å².